The van der Waals surface area contributed by atoms with Crippen molar-refractivity contribution in [2.75, 3.05) is 12.4 Å². The minimum atomic E-state index is -0.487. The van der Waals surface area contributed by atoms with Gasteiger partial charge in [0.05, 0.1) is 0 Å². The van der Waals surface area contributed by atoms with Gasteiger partial charge >= 0.3 is 6.09 Å². The Hall–Kier alpha value is -1.62. The molecule has 0 radical (unpaired) electrons. The Morgan fingerprint density at radius 3 is 2.63 bits per heavy atom. The first-order chi connectivity index (χ1) is 9.19. The van der Waals surface area contributed by atoms with Gasteiger partial charge in [0.25, 0.3) is 0 Å². The summed E-state index contributed by atoms with van der Waals surface area (Å²) in [6, 6.07) is 5.83. The third-order valence-electron chi connectivity index (χ3n) is 3.42. The Balaban J connectivity index is 1.88. The zero-order chi connectivity index (χ0) is 13.7. The van der Waals surface area contributed by atoms with Crippen molar-refractivity contribution in [1.29, 1.82) is 0 Å². The van der Waals surface area contributed by atoms with Crippen molar-refractivity contribution in [2.24, 2.45) is 0 Å². The summed E-state index contributed by atoms with van der Waals surface area (Å²) in [4.78, 5) is 11.8. The molecular weight excluding hydrogens is 247 g/mol. The highest BCUT2D eigenvalue weighted by Crippen LogP contribution is 2.21. The maximum absolute atomic E-state index is 12.7. The lowest BCUT2D eigenvalue weighted by atomic mass is 9.92. The number of nitrogens with one attached hydrogen (secondary N) is 2. The summed E-state index contributed by atoms with van der Waals surface area (Å²) >= 11 is 0. The number of benzene rings is 1. The number of ether oxygens (including phenoxy) is 1. The van der Waals surface area contributed by atoms with Crippen LogP contribution < -0.4 is 10.6 Å². The summed E-state index contributed by atoms with van der Waals surface area (Å²) < 4.78 is 18.2. The minimum Gasteiger partial charge on any atom is -0.444 e. The normalized spacial score (nSPS) is 22.8. The number of carbonyl (C=O) groups is 1. The molecule has 1 aromatic rings. The van der Waals surface area contributed by atoms with Crippen molar-refractivity contribution in [1.82, 2.24) is 5.32 Å². The van der Waals surface area contributed by atoms with E-state index < -0.39 is 6.09 Å². The molecule has 1 fully saturated rings. The Bertz CT molecular complexity index is 422. The number of hydrogen-bond acceptors (Lipinski definition) is 3. The Kier molecular flexibility index (Phi) is 4.74. The van der Waals surface area contributed by atoms with Gasteiger partial charge in [-0.2, -0.15) is 0 Å². The van der Waals surface area contributed by atoms with Crippen LogP contribution in [0.4, 0.5) is 14.9 Å². The van der Waals surface area contributed by atoms with E-state index in [9.17, 15) is 9.18 Å². The van der Waals surface area contributed by atoms with Gasteiger partial charge in [-0.25, -0.2) is 9.18 Å². The van der Waals surface area contributed by atoms with Crippen molar-refractivity contribution < 1.29 is 13.9 Å². The fourth-order valence-electron chi connectivity index (χ4n) is 2.39. The van der Waals surface area contributed by atoms with Gasteiger partial charge in [-0.1, -0.05) is 6.42 Å². The Morgan fingerprint density at radius 2 is 1.95 bits per heavy atom. The van der Waals surface area contributed by atoms with Crippen LogP contribution in [0, 0.1) is 5.82 Å². The van der Waals surface area contributed by atoms with Crippen molar-refractivity contribution in [3.8, 4) is 0 Å². The third-order valence-corrected chi connectivity index (χ3v) is 3.42. The summed E-state index contributed by atoms with van der Waals surface area (Å²) in [5, 5.41) is 5.78. The molecule has 19 heavy (non-hydrogen) atoms. The highest BCUT2D eigenvalue weighted by atomic mass is 19.1. The van der Waals surface area contributed by atoms with E-state index in [-0.39, 0.29) is 18.0 Å². The number of anilines is 1. The summed E-state index contributed by atoms with van der Waals surface area (Å²) in [5.41, 5.74) is 0.531. The number of halogens is 1. The van der Waals surface area contributed by atoms with E-state index in [0.29, 0.717) is 5.69 Å². The first kappa shape index (κ1) is 13.8. The molecule has 0 saturated heterocycles. The lowest BCUT2D eigenvalue weighted by Gasteiger charge is -2.30. The molecule has 2 rings (SSSR count). The van der Waals surface area contributed by atoms with Crippen LogP contribution in [0.2, 0.25) is 0 Å². The summed E-state index contributed by atoms with van der Waals surface area (Å²) in [5.74, 6) is -0.332. The van der Waals surface area contributed by atoms with Gasteiger partial charge in [-0.05, 0) is 50.6 Å². The number of amides is 1. The van der Waals surface area contributed by atoms with E-state index in [1.807, 2.05) is 7.05 Å². The highest BCUT2D eigenvalue weighted by Gasteiger charge is 2.26. The molecule has 1 aliphatic carbocycles. The van der Waals surface area contributed by atoms with E-state index in [0.717, 1.165) is 25.7 Å². The third kappa shape index (κ3) is 3.92. The Labute approximate surface area is 112 Å². The maximum Gasteiger partial charge on any atom is 0.411 e. The lowest BCUT2D eigenvalue weighted by Crippen LogP contribution is -2.43. The monoisotopic (exact) mass is 266 g/mol. The van der Waals surface area contributed by atoms with Crippen LogP contribution in [0.25, 0.3) is 0 Å². The molecule has 2 N–H and O–H groups in total. The largest absolute Gasteiger partial charge is 0.444 e. The molecule has 1 aliphatic rings. The van der Waals surface area contributed by atoms with Crippen LogP contribution >= 0.6 is 0 Å². The van der Waals surface area contributed by atoms with Crippen LogP contribution in [0.3, 0.4) is 0 Å². The predicted molar refractivity (Wildman–Crippen MR) is 71.6 cm³/mol. The van der Waals surface area contributed by atoms with Crippen molar-refractivity contribution in [3.63, 3.8) is 0 Å². The fourth-order valence-corrected chi connectivity index (χ4v) is 2.39. The van der Waals surface area contributed by atoms with Crippen LogP contribution in [0.15, 0.2) is 24.3 Å². The number of hydrogen-bond donors (Lipinski definition) is 2. The zero-order valence-corrected chi connectivity index (χ0v) is 11.0. The Morgan fingerprint density at radius 1 is 1.26 bits per heavy atom. The van der Waals surface area contributed by atoms with Crippen LogP contribution in [-0.2, 0) is 4.74 Å². The van der Waals surface area contributed by atoms with Gasteiger partial charge in [0.15, 0.2) is 0 Å². The van der Waals surface area contributed by atoms with E-state index in [1.54, 1.807) is 0 Å². The van der Waals surface area contributed by atoms with Gasteiger partial charge in [-0.3, -0.25) is 5.32 Å². The second-order valence-electron chi connectivity index (χ2n) is 4.76. The smallest absolute Gasteiger partial charge is 0.411 e. The second-order valence-corrected chi connectivity index (χ2v) is 4.76. The number of rotatable bonds is 3. The molecule has 1 amide bonds. The molecule has 5 heteroatoms. The van der Waals surface area contributed by atoms with E-state index in [4.69, 9.17) is 4.74 Å². The number of likely N-dealkylation sites (N-methyl/N-ethyl adjacent to an activating group) is 1. The molecule has 0 aliphatic heterocycles. The molecule has 0 spiro atoms. The van der Waals surface area contributed by atoms with Crippen molar-refractivity contribution in [2.45, 2.75) is 37.8 Å². The molecule has 2 unspecified atom stereocenters. The van der Waals surface area contributed by atoms with E-state index in [1.165, 1.54) is 24.3 Å². The first-order valence-electron chi connectivity index (χ1n) is 6.59. The molecule has 1 aromatic carbocycles. The minimum absolute atomic E-state index is 0.0980. The van der Waals surface area contributed by atoms with Gasteiger partial charge in [0, 0.05) is 11.7 Å². The summed E-state index contributed by atoms with van der Waals surface area (Å²) in [7, 11) is 1.88. The quantitative estimate of drug-likeness (QED) is 0.884. The zero-order valence-electron chi connectivity index (χ0n) is 11.0. The number of carbonyl (C=O) groups excluding carboxylic acids is 1. The topological polar surface area (TPSA) is 50.4 Å². The highest BCUT2D eigenvalue weighted by molar-refractivity contribution is 5.84. The summed E-state index contributed by atoms with van der Waals surface area (Å²) in [6.07, 6.45) is 3.54. The molecule has 1 saturated carbocycles. The molecule has 104 valence electrons. The molecule has 0 bridgehead atoms. The van der Waals surface area contributed by atoms with E-state index >= 15 is 0 Å². The average molecular weight is 266 g/mol. The average Bonchev–Trinajstić information content (AvgIpc) is 2.42. The van der Waals surface area contributed by atoms with Gasteiger partial charge in [0.2, 0.25) is 0 Å². The fraction of sp³-hybridized carbons (Fsp3) is 0.500. The first-order valence-corrected chi connectivity index (χ1v) is 6.59. The molecule has 4 nitrogen and oxygen atoms in total. The predicted octanol–water partition coefficient (Wildman–Crippen LogP) is 2.90. The van der Waals surface area contributed by atoms with Crippen molar-refractivity contribution >= 4 is 11.8 Å². The maximum atomic E-state index is 12.7. The van der Waals surface area contributed by atoms with Gasteiger partial charge in [0.1, 0.15) is 11.9 Å². The molecule has 2 atom stereocenters. The standard InChI is InChI=1S/C14H19FN2O2/c1-16-12-4-2-3-5-13(12)19-14(18)17-11-8-6-10(15)7-9-11/h6-9,12-13,16H,2-5H2,1H3,(H,17,18). The SMILES string of the molecule is CNC1CCCCC1OC(=O)Nc1ccc(F)cc1. The van der Waals surface area contributed by atoms with E-state index in [2.05, 4.69) is 10.6 Å². The van der Waals surface area contributed by atoms with Crippen LogP contribution in [0.1, 0.15) is 25.7 Å². The lowest BCUT2D eigenvalue weighted by molar-refractivity contribution is 0.0640. The molecule has 0 aromatic heterocycles. The van der Waals surface area contributed by atoms with Crippen LogP contribution in [-0.4, -0.2) is 25.3 Å². The second kappa shape index (κ2) is 6.52. The van der Waals surface area contributed by atoms with Crippen molar-refractivity contribution in [3.05, 3.63) is 30.1 Å². The molecular formula is C14H19FN2O2. The molecule has 0 heterocycles. The summed E-state index contributed by atoms with van der Waals surface area (Å²) in [6.45, 7) is 0. The van der Waals surface area contributed by atoms with Crippen LogP contribution in [0.5, 0.6) is 0 Å². The van der Waals surface area contributed by atoms with Gasteiger partial charge in [-0.15, -0.1) is 0 Å². The van der Waals surface area contributed by atoms with Gasteiger partial charge < -0.3 is 10.1 Å².